The zero-order valence-corrected chi connectivity index (χ0v) is 13.5. The molecule has 0 radical (unpaired) electrons. The van der Waals surface area contributed by atoms with Crippen LogP contribution in [0.15, 0.2) is 23.4 Å². The van der Waals surface area contributed by atoms with Gasteiger partial charge < -0.3 is 0 Å². The molecular weight excluding hydrogens is 252 g/mol. The number of hydrogen-bond acceptors (Lipinski definition) is 3. The van der Waals surface area contributed by atoms with Gasteiger partial charge in [-0.05, 0) is 37.6 Å². The van der Waals surface area contributed by atoms with E-state index in [0.717, 1.165) is 11.6 Å². The van der Waals surface area contributed by atoms with Crippen LogP contribution < -0.4 is 0 Å². The Labute approximate surface area is 122 Å². The lowest BCUT2D eigenvalue weighted by Gasteiger charge is -2.35. The van der Waals surface area contributed by atoms with Crippen molar-refractivity contribution in [3.63, 3.8) is 0 Å². The van der Waals surface area contributed by atoms with E-state index in [0.29, 0.717) is 6.04 Å². The zero-order chi connectivity index (χ0) is 13.9. The Bertz CT molecular complexity index is 394. The van der Waals surface area contributed by atoms with Crippen LogP contribution in [0.5, 0.6) is 0 Å². The van der Waals surface area contributed by atoms with Crippen molar-refractivity contribution in [3.05, 3.63) is 23.9 Å². The van der Waals surface area contributed by atoms with Crippen LogP contribution in [0.3, 0.4) is 0 Å². The molecule has 1 aliphatic rings. The summed E-state index contributed by atoms with van der Waals surface area (Å²) < 4.78 is 0.231. The van der Waals surface area contributed by atoms with Gasteiger partial charge >= 0.3 is 0 Å². The molecule has 3 heteroatoms. The second-order valence-corrected chi connectivity index (χ2v) is 8.13. The maximum absolute atomic E-state index is 4.64. The van der Waals surface area contributed by atoms with E-state index < -0.39 is 0 Å². The monoisotopic (exact) mass is 278 g/mol. The molecule has 19 heavy (non-hydrogen) atoms. The number of thioether (sulfide) groups is 1. The summed E-state index contributed by atoms with van der Waals surface area (Å²) in [5, 5.41) is 1.13. The van der Waals surface area contributed by atoms with E-state index in [1.54, 1.807) is 0 Å². The Morgan fingerprint density at radius 3 is 2.68 bits per heavy atom. The van der Waals surface area contributed by atoms with Gasteiger partial charge in [0, 0.05) is 17.0 Å². The van der Waals surface area contributed by atoms with Gasteiger partial charge in [-0.2, -0.15) is 0 Å². The molecule has 0 unspecified atom stereocenters. The highest BCUT2D eigenvalue weighted by molar-refractivity contribution is 8.00. The Morgan fingerprint density at radius 1 is 1.32 bits per heavy atom. The lowest BCUT2D eigenvalue weighted by Crippen LogP contribution is -2.33. The maximum Gasteiger partial charge on any atom is 0.0965 e. The number of piperidine rings is 1. The van der Waals surface area contributed by atoms with Crippen LogP contribution in [-0.2, 0) is 0 Å². The van der Waals surface area contributed by atoms with Gasteiger partial charge in [0.1, 0.15) is 0 Å². The fourth-order valence-electron chi connectivity index (χ4n) is 2.71. The van der Waals surface area contributed by atoms with E-state index in [9.17, 15) is 0 Å². The Balaban J connectivity index is 2.08. The van der Waals surface area contributed by atoms with Gasteiger partial charge in [-0.3, -0.25) is 4.90 Å². The summed E-state index contributed by atoms with van der Waals surface area (Å²) in [4.78, 5) is 7.22. The second-order valence-electron chi connectivity index (χ2n) is 6.28. The summed E-state index contributed by atoms with van der Waals surface area (Å²) in [5.74, 6) is 0. The number of hydrogen-bond donors (Lipinski definition) is 0. The van der Waals surface area contributed by atoms with Crippen molar-refractivity contribution >= 4 is 11.8 Å². The van der Waals surface area contributed by atoms with Crippen molar-refractivity contribution in [2.24, 2.45) is 0 Å². The number of pyridine rings is 1. The average molecular weight is 278 g/mol. The van der Waals surface area contributed by atoms with Crippen molar-refractivity contribution < 1.29 is 0 Å². The van der Waals surface area contributed by atoms with Gasteiger partial charge in [0.2, 0.25) is 0 Å². The third-order valence-corrected chi connectivity index (χ3v) is 4.64. The minimum atomic E-state index is 0.231. The summed E-state index contributed by atoms with van der Waals surface area (Å²) in [7, 11) is 0. The van der Waals surface area contributed by atoms with Crippen molar-refractivity contribution in [1.29, 1.82) is 0 Å². The van der Waals surface area contributed by atoms with Gasteiger partial charge in [0.05, 0.1) is 5.03 Å². The van der Waals surface area contributed by atoms with Crippen molar-refractivity contribution in [2.75, 3.05) is 13.1 Å². The summed E-state index contributed by atoms with van der Waals surface area (Å²) >= 11 is 1.84. The third kappa shape index (κ3) is 4.22. The van der Waals surface area contributed by atoms with Crippen molar-refractivity contribution in [2.45, 2.75) is 62.8 Å². The number of likely N-dealkylation sites (tertiary alicyclic amines) is 1. The highest BCUT2D eigenvalue weighted by atomic mass is 32.2. The van der Waals surface area contributed by atoms with Crippen LogP contribution in [0.4, 0.5) is 0 Å². The van der Waals surface area contributed by atoms with Gasteiger partial charge in [0.25, 0.3) is 0 Å². The van der Waals surface area contributed by atoms with Crippen LogP contribution in [-0.4, -0.2) is 27.7 Å². The van der Waals surface area contributed by atoms with E-state index >= 15 is 0 Å². The van der Waals surface area contributed by atoms with Crippen LogP contribution in [0.25, 0.3) is 0 Å². The molecule has 1 aromatic heterocycles. The first-order valence-corrected chi connectivity index (χ1v) is 8.20. The molecule has 0 spiro atoms. The molecule has 2 nitrogen and oxygen atoms in total. The number of rotatable bonds is 3. The predicted molar refractivity (Wildman–Crippen MR) is 83.7 cm³/mol. The Kier molecular flexibility index (Phi) is 4.91. The van der Waals surface area contributed by atoms with Gasteiger partial charge in [0.15, 0.2) is 0 Å². The SMILES string of the molecule is CCN1CCCC[C@H]1c1ccc(SC(C)(C)C)nc1. The van der Waals surface area contributed by atoms with E-state index in [4.69, 9.17) is 0 Å². The molecule has 0 amide bonds. The van der Waals surface area contributed by atoms with Crippen LogP contribution in [0, 0.1) is 0 Å². The van der Waals surface area contributed by atoms with E-state index in [2.05, 4.69) is 55.9 Å². The lowest BCUT2D eigenvalue weighted by molar-refractivity contribution is 0.157. The van der Waals surface area contributed by atoms with Gasteiger partial charge in [-0.15, -0.1) is 11.8 Å². The highest BCUT2D eigenvalue weighted by Crippen LogP contribution is 2.33. The van der Waals surface area contributed by atoms with Crippen LogP contribution in [0.1, 0.15) is 58.6 Å². The molecule has 2 heterocycles. The average Bonchev–Trinajstić information content (AvgIpc) is 2.38. The first kappa shape index (κ1) is 14.9. The molecule has 106 valence electrons. The minimum absolute atomic E-state index is 0.231. The molecule has 2 rings (SSSR count). The number of aromatic nitrogens is 1. The molecule has 1 saturated heterocycles. The molecule has 1 aliphatic heterocycles. The number of nitrogens with zero attached hydrogens (tertiary/aromatic N) is 2. The predicted octanol–water partition coefficient (Wildman–Crippen LogP) is 4.52. The van der Waals surface area contributed by atoms with Gasteiger partial charge in [-0.25, -0.2) is 4.98 Å². The Morgan fingerprint density at radius 2 is 2.11 bits per heavy atom. The van der Waals surface area contributed by atoms with Crippen LogP contribution >= 0.6 is 11.8 Å². The van der Waals surface area contributed by atoms with Crippen molar-refractivity contribution in [1.82, 2.24) is 9.88 Å². The summed E-state index contributed by atoms with van der Waals surface area (Å²) in [6.45, 7) is 11.3. The first-order chi connectivity index (χ1) is 8.99. The normalized spacial score (nSPS) is 21.6. The molecule has 1 aromatic rings. The summed E-state index contributed by atoms with van der Waals surface area (Å²) in [6.07, 6.45) is 6.06. The van der Waals surface area contributed by atoms with Gasteiger partial charge in [-0.1, -0.05) is 40.2 Å². The molecular formula is C16H26N2S. The maximum atomic E-state index is 4.64. The summed E-state index contributed by atoms with van der Waals surface area (Å²) in [5.41, 5.74) is 1.39. The minimum Gasteiger partial charge on any atom is -0.297 e. The molecule has 0 saturated carbocycles. The lowest BCUT2D eigenvalue weighted by atomic mass is 9.96. The molecule has 1 atom stereocenters. The largest absolute Gasteiger partial charge is 0.297 e. The quantitative estimate of drug-likeness (QED) is 0.756. The fourth-order valence-corrected chi connectivity index (χ4v) is 3.58. The molecule has 0 aromatic carbocycles. The molecule has 0 N–H and O–H groups in total. The molecule has 1 fully saturated rings. The molecule has 0 bridgehead atoms. The standard InChI is InChI=1S/C16H26N2S/c1-5-18-11-7-6-8-14(18)13-9-10-15(17-12-13)19-16(2,3)4/h9-10,12,14H,5-8,11H2,1-4H3/t14-/m0/s1. The highest BCUT2D eigenvalue weighted by Gasteiger charge is 2.23. The van der Waals surface area contributed by atoms with E-state index in [-0.39, 0.29) is 4.75 Å². The zero-order valence-electron chi connectivity index (χ0n) is 12.6. The smallest absolute Gasteiger partial charge is 0.0965 e. The Hall–Kier alpha value is -0.540. The molecule has 0 aliphatic carbocycles. The van der Waals surface area contributed by atoms with Crippen molar-refractivity contribution in [3.8, 4) is 0 Å². The summed E-state index contributed by atoms with van der Waals surface area (Å²) in [6, 6.07) is 5.05. The fraction of sp³-hybridized carbons (Fsp3) is 0.688. The third-order valence-electron chi connectivity index (χ3n) is 3.57. The first-order valence-electron chi connectivity index (χ1n) is 7.38. The second kappa shape index (κ2) is 6.27. The van der Waals surface area contributed by atoms with E-state index in [1.165, 1.54) is 31.4 Å². The van der Waals surface area contributed by atoms with E-state index in [1.807, 2.05) is 11.8 Å². The topological polar surface area (TPSA) is 16.1 Å². The van der Waals surface area contributed by atoms with Crippen LogP contribution in [0.2, 0.25) is 0 Å².